The normalized spacial score (nSPS) is 28.5. The monoisotopic (exact) mass is 268 g/mol. The number of nitriles is 1. The van der Waals surface area contributed by atoms with Gasteiger partial charge in [0.05, 0.1) is 5.56 Å². The van der Waals surface area contributed by atoms with Crippen LogP contribution in [0.3, 0.4) is 0 Å². The van der Waals surface area contributed by atoms with Gasteiger partial charge < -0.3 is 9.80 Å². The second-order valence-electron chi connectivity index (χ2n) is 6.58. The van der Waals surface area contributed by atoms with Gasteiger partial charge in [0.1, 0.15) is 11.9 Å². The zero-order chi connectivity index (χ0) is 13.7. The van der Waals surface area contributed by atoms with Crippen molar-refractivity contribution in [3.63, 3.8) is 0 Å². The number of fused-ring (bicyclic) bond motifs is 2. The van der Waals surface area contributed by atoms with E-state index < -0.39 is 0 Å². The molecule has 2 aliphatic heterocycles. The van der Waals surface area contributed by atoms with Gasteiger partial charge in [-0.15, -0.1) is 0 Å². The number of rotatable bonds is 1. The predicted molar refractivity (Wildman–Crippen MR) is 77.7 cm³/mol. The quantitative estimate of drug-likeness (QED) is 0.773. The average Bonchev–Trinajstić information content (AvgIpc) is 3.09. The van der Waals surface area contributed by atoms with Crippen LogP contribution in [0.15, 0.2) is 6.07 Å². The number of aryl methyl sites for hydroxylation is 2. The lowest BCUT2D eigenvalue weighted by molar-refractivity contribution is 0.387. The van der Waals surface area contributed by atoms with Crippen LogP contribution in [0, 0.1) is 23.2 Å². The van der Waals surface area contributed by atoms with Gasteiger partial charge in [0, 0.05) is 31.9 Å². The van der Waals surface area contributed by atoms with Crippen molar-refractivity contribution in [2.75, 3.05) is 38.1 Å². The third-order valence-corrected chi connectivity index (χ3v) is 5.12. The van der Waals surface area contributed by atoms with E-state index in [1.165, 1.54) is 30.8 Å². The number of likely N-dealkylation sites (tertiary alicyclic amines) is 1. The Morgan fingerprint density at radius 1 is 1.20 bits per heavy atom. The molecule has 2 unspecified atom stereocenters. The van der Waals surface area contributed by atoms with E-state index in [1.54, 1.807) is 0 Å². The summed E-state index contributed by atoms with van der Waals surface area (Å²) in [5, 5.41) is 9.43. The summed E-state index contributed by atoms with van der Waals surface area (Å²) < 4.78 is 0. The summed E-state index contributed by atoms with van der Waals surface area (Å²) in [6, 6.07) is 4.45. The Bertz CT molecular complexity index is 575. The van der Waals surface area contributed by atoms with Crippen molar-refractivity contribution in [3.05, 3.63) is 22.9 Å². The number of aromatic nitrogens is 1. The van der Waals surface area contributed by atoms with Crippen molar-refractivity contribution in [2.24, 2.45) is 11.8 Å². The van der Waals surface area contributed by atoms with E-state index in [9.17, 15) is 5.26 Å². The molecule has 4 heteroatoms. The van der Waals surface area contributed by atoms with Gasteiger partial charge in [-0.1, -0.05) is 0 Å². The fraction of sp³-hybridized carbons (Fsp3) is 0.625. The standard InChI is InChI=1S/C16H20N4/c1-19-7-13-9-20(10-14(13)8-19)16-12(6-17)5-11-3-2-4-15(11)18-16/h5,13-14H,2-4,7-10H2,1H3. The lowest BCUT2D eigenvalue weighted by atomic mass is 10.0. The number of hydrogen-bond acceptors (Lipinski definition) is 4. The van der Waals surface area contributed by atoms with E-state index in [-0.39, 0.29) is 0 Å². The number of pyridine rings is 1. The molecule has 4 rings (SSSR count). The molecule has 3 aliphatic rings. The highest BCUT2D eigenvalue weighted by atomic mass is 15.3. The third-order valence-electron chi connectivity index (χ3n) is 5.12. The number of hydrogen-bond donors (Lipinski definition) is 0. The number of anilines is 1. The molecule has 2 saturated heterocycles. The van der Waals surface area contributed by atoms with Crippen LogP contribution < -0.4 is 4.90 Å². The van der Waals surface area contributed by atoms with Crippen LogP contribution in [0.25, 0.3) is 0 Å². The molecule has 1 aromatic rings. The SMILES string of the molecule is CN1CC2CN(c3nc4c(cc3C#N)CCC4)CC2C1. The Balaban J connectivity index is 1.65. The fourth-order valence-electron chi connectivity index (χ4n) is 4.19. The molecule has 0 saturated carbocycles. The predicted octanol–water partition coefficient (Wildman–Crippen LogP) is 1.44. The summed E-state index contributed by atoms with van der Waals surface area (Å²) in [6.45, 7) is 4.51. The number of nitrogens with zero attached hydrogens (tertiary/aromatic N) is 4. The molecule has 104 valence electrons. The largest absolute Gasteiger partial charge is 0.355 e. The van der Waals surface area contributed by atoms with Gasteiger partial charge in [-0.25, -0.2) is 4.98 Å². The molecule has 2 atom stereocenters. The first-order valence-electron chi connectivity index (χ1n) is 7.61. The summed E-state index contributed by atoms with van der Waals surface area (Å²) in [4.78, 5) is 9.63. The second kappa shape index (κ2) is 4.46. The first-order chi connectivity index (χ1) is 9.74. The van der Waals surface area contributed by atoms with Gasteiger partial charge in [0.2, 0.25) is 0 Å². The maximum absolute atomic E-state index is 9.43. The van der Waals surface area contributed by atoms with E-state index >= 15 is 0 Å². The maximum Gasteiger partial charge on any atom is 0.146 e. The minimum Gasteiger partial charge on any atom is -0.355 e. The average molecular weight is 268 g/mol. The van der Waals surface area contributed by atoms with Gasteiger partial charge >= 0.3 is 0 Å². The molecule has 0 aromatic carbocycles. The summed E-state index contributed by atoms with van der Waals surface area (Å²) in [5.74, 6) is 2.45. The van der Waals surface area contributed by atoms with E-state index in [4.69, 9.17) is 4.98 Å². The first kappa shape index (κ1) is 12.2. The van der Waals surface area contributed by atoms with Gasteiger partial charge in [0.15, 0.2) is 0 Å². The van der Waals surface area contributed by atoms with Crippen LogP contribution in [-0.4, -0.2) is 43.1 Å². The smallest absolute Gasteiger partial charge is 0.146 e. The minimum absolute atomic E-state index is 0.751. The lowest BCUT2D eigenvalue weighted by Gasteiger charge is -2.22. The van der Waals surface area contributed by atoms with Crippen LogP contribution in [0.2, 0.25) is 0 Å². The van der Waals surface area contributed by atoms with E-state index in [0.29, 0.717) is 0 Å². The van der Waals surface area contributed by atoms with E-state index in [0.717, 1.165) is 49.1 Å². The molecular weight excluding hydrogens is 248 g/mol. The minimum atomic E-state index is 0.751. The van der Waals surface area contributed by atoms with Crippen molar-refractivity contribution in [1.82, 2.24) is 9.88 Å². The van der Waals surface area contributed by atoms with Crippen LogP contribution in [0.1, 0.15) is 23.2 Å². The molecule has 1 aromatic heterocycles. The van der Waals surface area contributed by atoms with Crippen LogP contribution in [0.4, 0.5) is 5.82 Å². The highest BCUT2D eigenvalue weighted by molar-refractivity contribution is 5.57. The van der Waals surface area contributed by atoms with Crippen molar-refractivity contribution < 1.29 is 0 Å². The van der Waals surface area contributed by atoms with Gasteiger partial charge in [-0.3, -0.25) is 0 Å². The lowest BCUT2D eigenvalue weighted by Crippen LogP contribution is -2.28. The molecule has 20 heavy (non-hydrogen) atoms. The van der Waals surface area contributed by atoms with Gasteiger partial charge in [-0.2, -0.15) is 5.26 Å². The van der Waals surface area contributed by atoms with E-state index in [2.05, 4.69) is 29.0 Å². The second-order valence-corrected chi connectivity index (χ2v) is 6.58. The first-order valence-corrected chi connectivity index (χ1v) is 7.61. The molecule has 1 aliphatic carbocycles. The highest BCUT2D eigenvalue weighted by Crippen LogP contribution is 2.35. The Morgan fingerprint density at radius 3 is 2.65 bits per heavy atom. The summed E-state index contributed by atoms with van der Waals surface area (Å²) in [6.07, 6.45) is 3.36. The fourth-order valence-corrected chi connectivity index (χ4v) is 4.19. The third kappa shape index (κ3) is 1.81. The molecule has 0 radical (unpaired) electrons. The Labute approximate surface area is 120 Å². The van der Waals surface area contributed by atoms with Crippen molar-refractivity contribution in [3.8, 4) is 6.07 Å². The van der Waals surface area contributed by atoms with Crippen molar-refractivity contribution in [2.45, 2.75) is 19.3 Å². The van der Waals surface area contributed by atoms with Gasteiger partial charge in [-0.05, 0) is 49.8 Å². The molecule has 0 amide bonds. The Kier molecular flexibility index (Phi) is 2.71. The topological polar surface area (TPSA) is 43.2 Å². The van der Waals surface area contributed by atoms with Gasteiger partial charge in [0.25, 0.3) is 0 Å². The van der Waals surface area contributed by atoms with E-state index in [1.807, 2.05) is 0 Å². The Hall–Kier alpha value is -1.60. The van der Waals surface area contributed by atoms with Crippen molar-refractivity contribution >= 4 is 5.82 Å². The zero-order valence-electron chi connectivity index (χ0n) is 12.0. The maximum atomic E-state index is 9.43. The molecule has 3 heterocycles. The molecule has 0 bridgehead atoms. The summed E-state index contributed by atoms with van der Waals surface area (Å²) in [5.41, 5.74) is 3.30. The molecule has 4 nitrogen and oxygen atoms in total. The molecule has 0 spiro atoms. The summed E-state index contributed by atoms with van der Waals surface area (Å²) >= 11 is 0. The zero-order valence-corrected chi connectivity index (χ0v) is 12.0. The Morgan fingerprint density at radius 2 is 1.95 bits per heavy atom. The summed E-state index contributed by atoms with van der Waals surface area (Å²) in [7, 11) is 2.21. The highest BCUT2D eigenvalue weighted by Gasteiger charge is 2.39. The molecule has 2 fully saturated rings. The van der Waals surface area contributed by atoms with Crippen LogP contribution in [0.5, 0.6) is 0 Å². The molecule has 0 N–H and O–H groups in total. The van der Waals surface area contributed by atoms with Crippen LogP contribution in [-0.2, 0) is 12.8 Å². The molecular formula is C16H20N4. The van der Waals surface area contributed by atoms with Crippen LogP contribution >= 0.6 is 0 Å². The van der Waals surface area contributed by atoms with Crippen molar-refractivity contribution in [1.29, 1.82) is 5.26 Å².